The molecule has 0 radical (unpaired) electrons. The van der Waals surface area contributed by atoms with Gasteiger partial charge in [-0.3, -0.25) is 0 Å². The third-order valence-electron chi connectivity index (χ3n) is 2.73. The Bertz CT molecular complexity index is 291. The zero-order valence-electron chi connectivity index (χ0n) is 9.12. The molecule has 1 aromatic rings. The first-order chi connectivity index (χ1) is 7.40. The summed E-state index contributed by atoms with van der Waals surface area (Å²) in [5.41, 5.74) is 2.58. The van der Waals surface area contributed by atoms with Crippen LogP contribution in [0, 0.1) is 0 Å². The predicted molar refractivity (Wildman–Crippen MR) is 60.8 cm³/mol. The number of nitrogens with one attached hydrogen (secondary N) is 2. The van der Waals surface area contributed by atoms with E-state index in [0.717, 1.165) is 19.6 Å². The summed E-state index contributed by atoms with van der Waals surface area (Å²) in [6.07, 6.45) is 0. The van der Waals surface area contributed by atoms with Crippen LogP contribution in [0.1, 0.15) is 17.2 Å². The average molecular weight is 206 g/mol. The van der Waals surface area contributed by atoms with Crippen LogP contribution in [0.5, 0.6) is 0 Å². The van der Waals surface area contributed by atoms with Crippen molar-refractivity contribution in [2.24, 2.45) is 0 Å². The molecule has 1 aliphatic rings. The number of rotatable bonds is 3. The number of methoxy groups -OCH3 is 1. The molecular weight excluding hydrogens is 188 g/mol. The summed E-state index contributed by atoms with van der Waals surface area (Å²) in [5.74, 6) is 0. The molecule has 3 heteroatoms. The van der Waals surface area contributed by atoms with E-state index < -0.39 is 0 Å². The van der Waals surface area contributed by atoms with Crippen LogP contribution in [0.15, 0.2) is 24.3 Å². The highest BCUT2D eigenvalue weighted by Crippen LogP contribution is 2.14. The molecule has 1 saturated heterocycles. The van der Waals surface area contributed by atoms with Crippen LogP contribution in [0.3, 0.4) is 0 Å². The van der Waals surface area contributed by atoms with Crippen molar-refractivity contribution < 1.29 is 4.74 Å². The van der Waals surface area contributed by atoms with Crippen molar-refractivity contribution >= 4 is 0 Å². The van der Waals surface area contributed by atoms with Gasteiger partial charge in [-0.15, -0.1) is 0 Å². The summed E-state index contributed by atoms with van der Waals surface area (Å²) in [5, 5.41) is 6.88. The molecule has 1 aliphatic heterocycles. The van der Waals surface area contributed by atoms with Gasteiger partial charge < -0.3 is 15.4 Å². The van der Waals surface area contributed by atoms with Crippen molar-refractivity contribution in [1.82, 2.24) is 10.6 Å². The first-order valence-electron chi connectivity index (χ1n) is 5.42. The Morgan fingerprint density at radius 1 is 1.27 bits per heavy atom. The van der Waals surface area contributed by atoms with Crippen LogP contribution >= 0.6 is 0 Å². The second-order valence-corrected chi connectivity index (χ2v) is 3.89. The van der Waals surface area contributed by atoms with Crippen LogP contribution in [0.2, 0.25) is 0 Å². The van der Waals surface area contributed by atoms with Crippen molar-refractivity contribution in [3.63, 3.8) is 0 Å². The molecule has 1 atom stereocenters. The molecule has 0 bridgehead atoms. The van der Waals surface area contributed by atoms with Crippen LogP contribution in [-0.4, -0.2) is 26.7 Å². The van der Waals surface area contributed by atoms with E-state index >= 15 is 0 Å². The van der Waals surface area contributed by atoms with Gasteiger partial charge in [0.25, 0.3) is 0 Å². The minimum absolute atomic E-state index is 0.454. The molecule has 0 amide bonds. The highest BCUT2D eigenvalue weighted by atomic mass is 16.5. The van der Waals surface area contributed by atoms with Gasteiger partial charge in [-0.25, -0.2) is 0 Å². The maximum atomic E-state index is 5.09. The topological polar surface area (TPSA) is 33.3 Å². The molecule has 1 fully saturated rings. The van der Waals surface area contributed by atoms with Crippen molar-refractivity contribution in [3.05, 3.63) is 35.4 Å². The van der Waals surface area contributed by atoms with E-state index in [1.807, 2.05) is 0 Å². The van der Waals surface area contributed by atoms with Gasteiger partial charge in [0.1, 0.15) is 0 Å². The van der Waals surface area contributed by atoms with Gasteiger partial charge in [0.2, 0.25) is 0 Å². The van der Waals surface area contributed by atoms with Gasteiger partial charge in [-0.2, -0.15) is 0 Å². The molecule has 2 rings (SSSR count). The maximum Gasteiger partial charge on any atom is 0.0713 e. The SMILES string of the molecule is COCc1ccc([C@H]2CNCCN2)cc1. The van der Waals surface area contributed by atoms with E-state index in [-0.39, 0.29) is 0 Å². The molecule has 82 valence electrons. The van der Waals surface area contributed by atoms with Crippen molar-refractivity contribution in [2.75, 3.05) is 26.7 Å². The maximum absolute atomic E-state index is 5.09. The number of piperazine rings is 1. The summed E-state index contributed by atoms with van der Waals surface area (Å²) in [7, 11) is 1.72. The Kier molecular flexibility index (Phi) is 3.72. The number of hydrogen-bond acceptors (Lipinski definition) is 3. The van der Waals surface area contributed by atoms with Crippen molar-refractivity contribution in [2.45, 2.75) is 12.6 Å². The fourth-order valence-corrected chi connectivity index (χ4v) is 1.90. The molecule has 15 heavy (non-hydrogen) atoms. The number of benzene rings is 1. The first-order valence-corrected chi connectivity index (χ1v) is 5.42. The molecule has 1 heterocycles. The van der Waals surface area contributed by atoms with Crippen LogP contribution in [-0.2, 0) is 11.3 Å². The van der Waals surface area contributed by atoms with Crippen molar-refractivity contribution in [1.29, 1.82) is 0 Å². The van der Waals surface area contributed by atoms with E-state index in [1.54, 1.807) is 7.11 Å². The third kappa shape index (κ3) is 2.78. The second kappa shape index (κ2) is 5.26. The van der Waals surface area contributed by atoms with E-state index in [1.165, 1.54) is 11.1 Å². The fraction of sp³-hybridized carbons (Fsp3) is 0.500. The monoisotopic (exact) mass is 206 g/mol. The minimum Gasteiger partial charge on any atom is -0.380 e. The van der Waals surface area contributed by atoms with Crippen LogP contribution < -0.4 is 10.6 Å². The second-order valence-electron chi connectivity index (χ2n) is 3.89. The molecule has 0 spiro atoms. The lowest BCUT2D eigenvalue weighted by Crippen LogP contribution is -2.42. The fourth-order valence-electron chi connectivity index (χ4n) is 1.90. The predicted octanol–water partition coefficient (Wildman–Crippen LogP) is 1.07. The van der Waals surface area contributed by atoms with Gasteiger partial charge in [-0.05, 0) is 11.1 Å². The molecule has 0 aromatic heterocycles. The smallest absolute Gasteiger partial charge is 0.0713 e. The summed E-state index contributed by atoms with van der Waals surface area (Å²) < 4.78 is 5.09. The third-order valence-corrected chi connectivity index (χ3v) is 2.73. The van der Waals surface area contributed by atoms with E-state index in [4.69, 9.17) is 4.74 Å². The van der Waals surface area contributed by atoms with E-state index in [0.29, 0.717) is 12.6 Å². The lowest BCUT2D eigenvalue weighted by atomic mass is 10.0. The summed E-state index contributed by atoms with van der Waals surface area (Å²) in [6, 6.07) is 9.08. The Morgan fingerprint density at radius 3 is 2.67 bits per heavy atom. The number of ether oxygens (including phenoxy) is 1. The van der Waals surface area contributed by atoms with Gasteiger partial charge >= 0.3 is 0 Å². The Balaban J connectivity index is 2.02. The van der Waals surface area contributed by atoms with Crippen LogP contribution in [0.25, 0.3) is 0 Å². The molecule has 0 aliphatic carbocycles. The Labute approximate surface area is 90.8 Å². The molecule has 2 N–H and O–H groups in total. The minimum atomic E-state index is 0.454. The number of hydrogen-bond donors (Lipinski definition) is 2. The molecule has 1 aromatic carbocycles. The van der Waals surface area contributed by atoms with E-state index in [9.17, 15) is 0 Å². The average Bonchev–Trinajstić information content (AvgIpc) is 2.32. The summed E-state index contributed by atoms with van der Waals surface area (Å²) in [4.78, 5) is 0. The Hall–Kier alpha value is -0.900. The molecule has 0 saturated carbocycles. The lowest BCUT2D eigenvalue weighted by molar-refractivity contribution is 0.185. The zero-order chi connectivity index (χ0) is 10.5. The van der Waals surface area contributed by atoms with Gasteiger partial charge in [0, 0.05) is 32.8 Å². The van der Waals surface area contributed by atoms with Gasteiger partial charge in [-0.1, -0.05) is 24.3 Å². The first kappa shape index (κ1) is 10.6. The lowest BCUT2D eigenvalue weighted by Gasteiger charge is -2.24. The summed E-state index contributed by atoms with van der Waals surface area (Å²) >= 11 is 0. The van der Waals surface area contributed by atoms with Crippen molar-refractivity contribution in [3.8, 4) is 0 Å². The molecular formula is C12H18N2O. The Morgan fingerprint density at radius 2 is 2.07 bits per heavy atom. The van der Waals surface area contributed by atoms with Gasteiger partial charge in [0.05, 0.1) is 6.61 Å². The normalized spacial score (nSPS) is 21.5. The molecule has 3 nitrogen and oxygen atoms in total. The van der Waals surface area contributed by atoms with E-state index in [2.05, 4.69) is 34.9 Å². The largest absolute Gasteiger partial charge is 0.380 e. The molecule has 0 unspecified atom stereocenters. The zero-order valence-corrected chi connectivity index (χ0v) is 9.12. The highest BCUT2D eigenvalue weighted by molar-refractivity contribution is 5.25. The van der Waals surface area contributed by atoms with Gasteiger partial charge in [0.15, 0.2) is 0 Å². The standard InChI is InChI=1S/C12H18N2O/c1-15-9-10-2-4-11(5-3-10)12-8-13-6-7-14-12/h2-5,12-14H,6-9H2,1H3/t12-/m1/s1. The quantitative estimate of drug-likeness (QED) is 0.776. The highest BCUT2D eigenvalue weighted by Gasteiger charge is 2.13. The summed E-state index contributed by atoms with van der Waals surface area (Å²) in [6.45, 7) is 3.82. The van der Waals surface area contributed by atoms with Crippen LogP contribution in [0.4, 0.5) is 0 Å².